The zero-order valence-corrected chi connectivity index (χ0v) is 15.1. The highest BCUT2D eigenvalue weighted by Crippen LogP contribution is 2.21. The molecule has 132 valence electrons. The predicted octanol–water partition coefficient (Wildman–Crippen LogP) is 2.74. The Morgan fingerprint density at radius 1 is 1.04 bits per heavy atom. The molecule has 0 bridgehead atoms. The average molecular weight is 333 g/mol. The number of hydrogen-bond acceptors (Lipinski definition) is 4. The van der Waals surface area contributed by atoms with Gasteiger partial charge in [0.05, 0.1) is 0 Å². The normalized spacial score (nSPS) is 21.5. The summed E-state index contributed by atoms with van der Waals surface area (Å²) in [7, 11) is 0. The third kappa shape index (κ3) is 4.19. The molecule has 1 aromatic rings. The average Bonchev–Trinajstić information content (AvgIpc) is 2.47. The van der Waals surface area contributed by atoms with Gasteiger partial charge < -0.3 is 20.3 Å². The van der Waals surface area contributed by atoms with Crippen LogP contribution >= 0.6 is 0 Å². The van der Waals surface area contributed by atoms with Crippen molar-refractivity contribution < 1.29 is 14.3 Å². The van der Waals surface area contributed by atoms with E-state index in [2.05, 4.69) is 0 Å². The topological polar surface area (TPSA) is 75.9 Å². The largest absolute Gasteiger partial charge is 0.444 e. The van der Waals surface area contributed by atoms with Crippen LogP contribution in [0, 0.1) is 0 Å². The third-order valence-corrected chi connectivity index (χ3v) is 4.03. The van der Waals surface area contributed by atoms with Gasteiger partial charge in [0.2, 0.25) is 0 Å². The summed E-state index contributed by atoms with van der Waals surface area (Å²) in [5.41, 5.74) is 6.38. The molecule has 0 spiro atoms. The minimum Gasteiger partial charge on any atom is -0.444 e. The number of benzene rings is 1. The Morgan fingerprint density at radius 3 is 2.08 bits per heavy atom. The molecular weight excluding hydrogens is 306 g/mol. The fourth-order valence-electron chi connectivity index (χ4n) is 2.78. The van der Waals surface area contributed by atoms with Gasteiger partial charge in [-0.05, 0) is 58.9 Å². The van der Waals surface area contributed by atoms with E-state index >= 15 is 0 Å². The van der Waals surface area contributed by atoms with E-state index in [-0.39, 0.29) is 24.1 Å². The number of carbonyl (C=O) groups is 2. The molecule has 2 amide bonds. The Hall–Kier alpha value is -2.24. The van der Waals surface area contributed by atoms with Gasteiger partial charge in [0.1, 0.15) is 5.60 Å². The molecule has 1 fully saturated rings. The van der Waals surface area contributed by atoms with E-state index < -0.39 is 5.60 Å². The van der Waals surface area contributed by atoms with Crippen LogP contribution in [0.2, 0.25) is 0 Å². The van der Waals surface area contributed by atoms with Gasteiger partial charge in [-0.2, -0.15) is 0 Å². The van der Waals surface area contributed by atoms with Gasteiger partial charge >= 0.3 is 6.09 Å². The van der Waals surface area contributed by atoms with Crippen molar-refractivity contribution in [2.75, 3.05) is 18.8 Å². The van der Waals surface area contributed by atoms with Gasteiger partial charge in [0.25, 0.3) is 5.91 Å². The van der Waals surface area contributed by atoms with Crippen LogP contribution in [0.4, 0.5) is 10.5 Å². The molecule has 6 nitrogen and oxygen atoms in total. The van der Waals surface area contributed by atoms with Gasteiger partial charge in [-0.25, -0.2) is 4.79 Å². The van der Waals surface area contributed by atoms with Crippen LogP contribution in [0.3, 0.4) is 0 Å². The minimum atomic E-state index is -0.531. The maximum absolute atomic E-state index is 12.7. The van der Waals surface area contributed by atoms with E-state index in [4.69, 9.17) is 10.5 Å². The van der Waals surface area contributed by atoms with Crippen molar-refractivity contribution in [1.82, 2.24) is 9.80 Å². The molecule has 1 aliphatic rings. The third-order valence-electron chi connectivity index (χ3n) is 4.03. The molecule has 2 atom stereocenters. The van der Waals surface area contributed by atoms with Crippen molar-refractivity contribution in [2.24, 2.45) is 0 Å². The molecular formula is C18H27N3O3. The van der Waals surface area contributed by atoms with E-state index in [0.29, 0.717) is 24.3 Å². The second-order valence-corrected chi connectivity index (χ2v) is 7.41. The summed E-state index contributed by atoms with van der Waals surface area (Å²) in [6.07, 6.45) is -0.332. The minimum absolute atomic E-state index is 0.0433. The van der Waals surface area contributed by atoms with Crippen molar-refractivity contribution in [3.63, 3.8) is 0 Å². The zero-order chi connectivity index (χ0) is 18.1. The summed E-state index contributed by atoms with van der Waals surface area (Å²) >= 11 is 0. The Labute approximate surface area is 143 Å². The number of ether oxygens (including phenoxy) is 1. The number of rotatable bonds is 1. The van der Waals surface area contributed by atoms with Crippen LogP contribution in [0.25, 0.3) is 0 Å². The molecule has 0 aliphatic carbocycles. The van der Waals surface area contributed by atoms with Crippen LogP contribution < -0.4 is 5.73 Å². The summed E-state index contributed by atoms with van der Waals surface area (Å²) in [6, 6.07) is 6.72. The second kappa shape index (κ2) is 6.71. The summed E-state index contributed by atoms with van der Waals surface area (Å²) in [6.45, 7) is 10.3. The number of anilines is 1. The lowest BCUT2D eigenvalue weighted by Crippen LogP contribution is -2.60. The number of carbonyl (C=O) groups excluding carboxylic acids is 2. The number of nitrogen functional groups attached to an aromatic ring is 1. The number of piperazine rings is 1. The zero-order valence-electron chi connectivity index (χ0n) is 15.1. The van der Waals surface area contributed by atoms with Crippen molar-refractivity contribution in [1.29, 1.82) is 0 Å². The fourth-order valence-corrected chi connectivity index (χ4v) is 2.78. The molecule has 2 N–H and O–H groups in total. The van der Waals surface area contributed by atoms with Crippen LogP contribution in [0.5, 0.6) is 0 Å². The van der Waals surface area contributed by atoms with Crippen LogP contribution in [-0.4, -0.2) is 52.6 Å². The van der Waals surface area contributed by atoms with E-state index in [1.165, 1.54) is 0 Å². The summed E-state index contributed by atoms with van der Waals surface area (Å²) in [5.74, 6) is -0.0433. The molecule has 1 heterocycles. The summed E-state index contributed by atoms with van der Waals surface area (Å²) in [5, 5.41) is 0. The summed E-state index contributed by atoms with van der Waals surface area (Å²) < 4.78 is 5.46. The lowest BCUT2D eigenvalue weighted by molar-refractivity contribution is -0.00788. The Morgan fingerprint density at radius 2 is 1.54 bits per heavy atom. The van der Waals surface area contributed by atoms with E-state index in [1.54, 1.807) is 34.1 Å². The van der Waals surface area contributed by atoms with Crippen molar-refractivity contribution in [3.8, 4) is 0 Å². The van der Waals surface area contributed by atoms with E-state index in [0.717, 1.165) is 0 Å². The van der Waals surface area contributed by atoms with Gasteiger partial charge in [0, 0.05) is 36.4 Å². The van der Waals surface area contributed by atoms with Crippen LogP contribution in [-0.2, 0) is 4.74 Å². The monoisotopic (exact) mass is 333 g/mol. The number of hydrogen-bond donors (Lipinski definition) is 1. The quantitative estimate of drug-likeness (QED) is 0.802. The molecule has 1 saturated heterocycles. The molecule has 2 rings (SSSR count). The van der Waals surface area contributed by atoms with Gasteiger partial charge in [-0.15, -0.1) is 0 Å². The predicted molar refractivity (Wildman–Crippen MR) is 93.8 cm³/mol. The first-order chi connectivity index (χ1) is 11.1. The fraction of sp³-hybridized carbons (Fsp3) is 0.556. The first kappa shape index (κ1) is 18.1. The number of nitrogens with two attached hydrogens (primary N) is 1. The van der Waals surface area contributed by atoms with Gasteiger partial charge in [-0.3, -0.25) is 4.79 Å². The molecule has 24 heavy (non-hydrogen) atoms. The molecule has 0 saturated carbocycles. The second-order valence-electron chi connectivity index (χ2n) is 7.41. The van der Waals surface area contributed by atoms with Gasteiger partial charge in [0.15, 0.2) is 0 Å². The molecule has 0 unspecified atom stereocenters. The standard InChI is InChI=1S/C18H27N3O3/c1-12-11-21(17(23)24-18(3,4)5)13(2)10-20(12)16(22)14-6-8-15(19)9-7-14/h6-9,12-13H,10-11,19H2,1-5H3/t12-,13+/m1/s1. The van der Waals surface area contributed by atoms with Gasteiger partial charge in [-0.1, -0.05) is 0 Å². The Kier molecular flexibility index (Phi) is 5.06. The molecule has 0 aromatic heterocycles. The molecule has 0 radical (unpaired) electrons. The summed E-state index contributed by atoms with van der Waals surface area (Å²) in [4.78, 5) is 28.6. The molecule has 1 aliphatic heterocycles. The lowest BCUT2D eigenvalue weighted by atomic mass is 10.1. The van der Waals surface area contributed by atoms with E-state index in [1.807, 2.05) is 34.6 Å². The van der Waals surface area contributed by atoms with Crippen molar-refractivity contribution in [3.05, 3.63) is 29.8 Å². The highest BCUT2D eigenvalue weighted by Gasteiger charge is 2.36. The molecule has 1 aromatic carbocycles. The lowest BCUT2D eigenvalue weighted by Gasteiger charge is -2.44. The first-order valence-electron chi connectivity index (χ1n) is 8.24. The maximum atomic E-state index is 12.7. The van der Waals surface area contributed by atoms with Crippen LogP contribution in [0.1, 0.15) is 45.0 Å². The first-order valence-corrected chi connectivity index (χ1v) is 8.24. The maximum Gasteiger partial charge on any atom is 0.410 e. The highest BCUT2D eigenvalue weighted by atomic mass is 16.6. The van der Waals surface area contributed by atoms with Crippen molar-refractivity contribution in [2.45, 2.75) is 52.3 Å². The Balaban J connectivity index is 2.08. The SMILES string of the molecule is C[C@@H]1CN(C(=O)OC(C)(C)C)[C@@H](C)CN1C(=O)c1ccc(N)cc1. The van der Waals surface area contributed by atoms with Crippen molar-refractivity contribution >= 4 is 17.7 Å². The number of amides is 2. The van der Waals surface area contributed by atoms with Crippen LogP contribution in [0.15, 0.2) is 24.3 Å². The highest BCUT2D eigenvalue weighted by molar-refractivity contribution is 5.95. The Bertz CT molecular complexity index is 607. The molecule has 6 heteroatoms. The van der Waals surface area contributed by atoms with E-state index in [9.17, 15) is 9.59 Å². The number of nitrogens with zero attached hydrogens (tertiary/aromatic N) is 2. The smallest absolute Gasteiger partial charge is 0.410 e.